The summed E-state index contributed by atoms with van der Waals surface area (Å²) in [6.45, 7) is 1.21. The normalized spacial score (nSPS) is 10.2. The van der Waals surface area contributed by atoms with E-state index >= 15 is 0 Å². The van der Waals surface area contributed by atoms with Gasteiger partial charge in [-0.05, 0) is 11.6 Å². The Labute approximate surface area is 106 Å². The Hall–Kier alpha value is -2.14. The number of nitrogens with zero attached hydrogens (tertiary/aromatic N) is 2. The number of hydrogen-bond acceptors (Lipinski definition) is 3. The first-order valence-electron chi connectivity index (χ1n) is 5.87. The zero-order chi connectivity index (χ0) is 12.6. The predicted molar refractivity (Wildman–Crippen MR) is 68.3 cm³/mol. The van der Waals surface area contributed by atoms with Crippen molar-refractivity contribution in [3.63, 3.8) is 0 Å². The molecule has 0 bridgehead atoms. The lowest BCUT2D eigenvalue weighted by molar-refractivity contribution is -0.122. The first kappa shape index (κ1) is 12.3. The Balaban J connectivity index is 1.63. The van der Waals surface area contributed by atoms with Gasteiger partial charge in [-0.3, -0.25) is 14.9 Å². The number of nitrogens with one attached hydrogen (secondary N) is 2. The Kier molecular flexibility index (Phi) is 4.49. The third-order valence-corrected chi connectivity index (χ3v) is 2.49. The van der Waals surface area contributed by atoms with Crippen LogP contribution in [0.15, 0.2) is 48.8 Å². The van der Waals surface area contributed by atoms with Gasteiger partial charge >= 0.3 is 0 Å². The van der Waals surface area contributed by atoms with E-state index in [0.717, 1.165) is 5.56 Å². The van der Waals surface area contributed by atoms with Gasteiger partial charge in [0.25, 0.3) is 0 Å². The smallest absolute Gasteiger partial charge is 0.235 e. The minimum Gasteiger partial charge on any atom is -0.291 e. The highest BCUT2D eigenvalue weighted by Gasteiger charge is 2.00. The molecule has 0 saturated heterocycles. The molecule has 2 aromatic rings. The van der Waals surface area contributed by atoms with E-state index < -0.39 is 0 Å². The van der Waals surface area contributed by atoms with Crippen molar-refractivity contribution in [1.82, 2.24) is 20.6 Å². The summed E-state index contributed by atoms with van der Waals surface area (Å²) in [4.78, 5) is 11.5. The Bertz CT molecular complexity index is 467. The molecule has 18 heavy (non-hydrogen) atoms. The van der Waals surface area contributed by atoms with Gasteiger partial charge in [0, 0.05) is 31.9 Å². The second-order valence-corrected chi connectivity index (χ2v) is 3.91. The number of hydrogen-bond donors (Lipinski definition) is 2. The largest absolute Gasteiger partial charge is 0.291 e. The van der Waals surface area contributed by atoms with Gasteiger partial charge in [0.1, 0.15) is 0 Å². The molecular weight excluding hydrogens is 228 g/mol. The Morgan fingerprint density at radius 2 is 2.06 bits per heavy atom. The lowest BCUT2D eigenvalue weighted by atomic mass is 10.2. The van der Waals surface area contributed by atoms with Crippen LogP contribution in [0.5, 0.6) is 0 Å². The molecule has 1 amide bonds. The second-order valence-electron chi connectivity index (χ2n) is 3.91. The summed E-state index contributed by atoms with van der Waals surface area (Å²) >= 11 is 0. The number of carbonyl (C=O) groups excluding carboxylic acids is 1. The highest BCUT2D eigenvalue weighted by atomic mass is 16.2. The SMILES string of the molecule is O=C(CCn1cccn1)NNCc1ccccc1. The van der Waals surface area contributed by atoms with Crippen LogP contribution in [0.2, 0.25) is 0 Å². The standard InChI is InChI=1S/C13H16N4O/c18-13(7-10-17-9-4-8-15-17)16-14-11-12-5-2-1-3-6-12/h1-6,8-9,14H,7,10-11H2,(H,16,18). The molecule has 0 spiro atoms. The third kappa shape index (κ3) is 4.03. The molecule has 1 aromatic carbocycles. The maximum absolute atomic E-state index is 11.5. The number of rotatable bonds is 6. The van der Waals surface area contributed by atoms with Crippen LogP contribution in [0.1, 0.15) is 12.0 Å². The van der Waals surface area contributed by atoms with Gasteiger partial charge in [-0.1, -0.05) is 30.3 Å². The van der Waals surface area contributed by atoms with Crippen molar-refractivity contribution in [1.29, 1.82) is 0 Å². The van der Waals surface area contributed by atoms with E-state index in [1.165, 1.54) is 0 Å². The van der Waals surface area contributed by atoms with Crippen LogP contribution in [0, 0.1) is 0 Å². The van der Waals surface area contributed by atoms with Crippen molar-refractivity contribution in [3.05, 3.63) is 54.4 Å². The summed E-state index contributed by atoms with van der Waals surface area (Å²) in [5.74, 6) is -0.0403. The molecule has 94 valence electrons. The number of hydrazine groups is 1. The second kappa shape index (κ2) is 6.56. The maximum atomic E-state index is 11.5. The van der Waals surface area contributed by atoms with Gasteiger partial charge in [-0.2, -0.15) is 5.10 Å². The molecule has 1 aromatic heterocycles. The molecule has 0 saturated carbocycles. The van der Waals surface area contributed by atoms with E-state index in [0.29, 0.717) is 19.5 Å². The van der Waals surface area contributed by atoms with Crippen LogP contribution in [-0.4, -0.2) is 15.7 Å². The molecule has 0 aliphatic rings. The highest BCUT2D eigenvalue weighted by molar-refractivity contribution is 5.75. The fourth-order valence-corrected chi connectivity index (χ4v) is 1.55. The molecule has 1 heterocycles. The monoisotopic (exact) mass is 244 g/mol. The van der Waals surface area contributed by atoms with E-state index in [2.05, 4.69) is 16.0 Å². The summed E-state index contributed by atoms with van der Waals surface area (Å²) in [7, 11) is 0. The van der Waals surface area contributed by atoms with E-state index in [1.807, 2.05) is 42.6 Å². The average Bonchev–Trinajstić information content (AvgIpc) is 2.91. The summed E-state index contributed by atoms with van der Waals surface area (Å²) in [6, 6.07) is 11.7. The van der Waals surface area contributed by atoms with Gasteiger partial charge in [0.2, 0.25) is 5.91 Å². The van der Waals surface area contributed by atoms with Gasteiger partial charge in [0.05, 0.1) is 0 Å². The van der Waals surface area contributed by atoms with Crippen molar-refractivity contribution >= 4 is 5.91 Å². The van der Waals surface area contributed by atoms with Crippen molar-refractivity contribution in [2.75, 3.05) is 0 Å². The molecule has 0 aliphatic heterocycles. The molecule has 0 atom stereocenters. The van der Waals surface area contributed by atoms with E-state index in [-0.39, 0.29) is 5.91 Å². The van der Waals surface area contributed by atoms with Crippen molar-refractivity contribution in [3.8, 4) is 0 Å². The lowest BCUT2D eigenvalue weighted by Crippen LogP contribution is -2.37. The molecule has 2 N–H and O–H groups in total. The Morgan fingerprint density at radius 1 is 1.22 bits per heavy atom. The molecular formula is C13H16N4O. The van der Waals surface area contributed by atoms with Gasteiger partial charge in [0.15, 0.2) is 0 Å². The van der Waals surface area contributed by atoms with Crippen LogP contribution in [0.4, 0.5) is 0 Å². The zero-order valence-electron chi connectivity index (χ0n) is 10.0. The first-order valence-corrected chi connectivity index (χ1v) is 5.87. The van der Waals surface area contributed by atoms with Gasteiger partial charge in [-0.15, -0.1) is 0 Å². The maximum Gasteiger partial charge on any atom is 0.235 e. The summed E-state index contributed by atoms with van der Waals surface area (Å²) < 4.78 is 1.73. The van der Waals surface area contributed by atoms with E-state index in [4.69, 9.17) is 0 Å². The van der Waals surface area contributed by atoms with Crippen molar-refractivity contribution in [2.24, 2.45) is 0 Å². The van der Waals surface area contributed by atoms with E-state index in [9.17, 15) is 4.79 Å². The molecule has 0 aliphatic carbocycles. The number of aryl methyl sites for hydroxylation is 1. The van der Waals surface area contributed by atoms with Crippen LogP contribution in [0.25, 0.3) is 0 Å². The Morgan fingerprint density at radius 3 is 2.78 bits per heavy atom. The topological polar surface area (TPSA) is 59.0 Å². The van der Waals surface area contributed by atoms with Crippen molar-refractivity contribution < 1.29 is 4.79 Å². The number of aromatic nitrogens is 2. The predicted octanol–water partition coefficient (Wildman–Crippen LogP) is 1.09. The first-order chi connectivity index (χ1) is 8.84. The minimum absolute atomic E-state index is 0.0403. The highest BCUT2D eigenvalue weighted by Crippen LogP contribution is 1.96. The minimum atomic E-state index is -0.0403. The van der Waals surface area contributed by atoms with E-state index in [1.54, 1.807) is 10.9 Å². The summed E-state index contributed by atoms with van der Waals surface area (Å²) in [5.41, 5.74) is 6.70. The van der Waals surface area contributed by atoms with Crippen LogP contribution < -0.4 is 10.9 Å². The average molecular weight is 244 g/mol. The quantitative estimate of drug-likeness (QED) is 0.748. The number of carbonyl (C=O) groups is 1. The molecule has 0 fully saturated rings. The fourth-order valence-electron chi connectivity index (χ4n) is 1.55. The molecule has 5 heteroatoms. The zero-order valence-corrected chi connectivity index (χ0v) is 10.0. The van der Waals surface area contributed by atoms with Gasteiger partial charge < -0.3 is 0 Å². The molecule has 0 radical (unpaired) electrons. The number of benzene rings is 1. The lowest BCUT2D eigenvalue weighted by Gasteiger charge is -2.07. The van der Waals surface area contributed by atoms with Crippen molar-refractivity contribution in [2.45, 2.75) is 19.5 Å². The summed E-state index contributed by atoms with van der Waals surface area (Å²) in [5, 5.41) is 4.03. The molecule has 5 nitrogen and oxygen atoms in total. The van der Waals surface area contributed by atoms with Crippen LogP contribution in [0.3, 0.4) is 0 Å². The molecule has 0 unspecified atom stereocenters. The van der Waals surface area contributed by atoms with Crippen LogP contribution in [-0.2, 0) is 17.9 Å². The van der Waals surface area contributed by atoms with Crippen LogP contribution >= 0.6 is 0 Å². The fraction of sp³-hybridized carbons (Fsp3) is 0.231. The summed E-state index contributed by atoms with van der Waals surface area (Å²) in [6.07, 6.45) is 3.94. The van der Waals surface area contributed by atoms with Gasteiger partial charge in [-0.25, -0.2) is 5.43 Å². The molecule has 2 rings (SSSR count). The number of amides is 1. The third-order valence-electron chi connectivity index (χ3n) is 2.49.